The van der Waals surface area contributed by atoms with Gasteiger partial charge in [0.25, 0.3) is 0 Å². The molecular weight excluding hydrogens is 246 g/mol. The Morgan fingerprint density at radius 1 is 1.42 bits per heavy atom. The van der Waals surface area contributed by atoms with Gasteiger partial charge in [0.05, 0.1) is 0 Å². The first-order valence-electron chi connectivity index (χ1n) is 5.93. The molecule has 4 N–H and O–H groups in total. The Hall–Kier alpha value is -2.08. The number of nitrogens with one attached hydrogen (secondary N) is 1. The second-order valence-electron chi connectivity index (χ2n) is 4.30. The van der Waals surface area contributed by atoms with Crippen LogP contribution < -0.4 is 15.9 Å². The van der Waals surface area contributed by atoms with Gasteiger partial charge in [0.15, 0.2) is 6.73 Å². The van der Waals surface area contributed by atoms with Crippen LogP contribution in [0.3, 0.4) is 0 Å². The van der Waals surface area contributed by atoms with Gasteiger partial charge in [-0.2, -0.15) is 5.10 Å². The third-order valence-electron chi connectivity index (χ3n) is 2.30. The Kier molecular flexibility index (Phi) is 5.81. The fourth-order valence-electron chi connectivity index (χ4n) is 1.37. The van der Waals surface area contributed by atoms with Crippen LogP contribution in [0.2, 0.25) is 0 Å². The lowest BCUT2D eigenvalue weighted by molar-refractivity contribution is -0.138. The van der Waals surface area contributed by atoms with Crippen LogP contribution in [0, 0.1) is 0 Å². The number of carboxylic acid groups (broad SMARTS) is 1. The molecule has 0 aliphatic rings. The quantitative estimate of drug-likeness (QED) is 0.295. The Bertz CT molecular complexity index is 439. The minimum atomic E-state index is -1.00. The molecule has 0 fully saturated rings. The summed E-state index contributed by atoms with van der Waals surface area (Å²) >= 11 is 0. The molecular formula is C13H19N3O3. The summed E-state index contributed by atoms with van der Waals surface area (Å²) in [6, 6.07) is 6.26. The van der Waals surface area contributed by atoms with Gasteiger partial charge in [0.2, 0.25) is 0 Å². The van der Waals surface area contributed by atoms with Crippen molar-refractivity contribution < 1.29 is 14.6 Å². The number of nitrogens with two attached hydrogens (primary N) is 1. The van der Waals surface area contributed by atoms with E-state index in [1.165, 1.54) is 0 Å². The summed E-state index contributed by atoms with van der Waals surface area (Å²) in [5, 5.41) is 12.7. The van der Waals surface area contributed by atoms with Crippen molar-refractivity contribution in [2.45, 2.75) is 26.3 Å². The van der Waals surface area contributed by atoms with Gasteiger partial charge in [-0.1, -0.05) is 12.1 Å². The fourth-order valence-corrected chi connectivity index (χ4v) is 1.37. The summed E-state index contributed by atoms with van der Waals surface area (Å²) in [4.78, 5) is 10.6. The molecule has 0 heterocycles. The Morgan fingerprint density at radius 2 is 2.05 bits per heavy atom. The average Bonchev–Trinajstić information content (AvgIpc) is 2.36. The predicted molar refractivity (Wildman–Crippen MR) is 73.2 cm³/mol. The molecule has 1 aromatic carbocycles. The molecule has 1 rings (SSSR count). The monoisotopic (exact) mass is 265 g/mol. The lowest BCUT2D eigenvalue weighted by Crippen LogP contribution is -2.32. The van der Waals surface area contributed by atoms with E-state index in [0.29, 0.717) is 12.2 Å². The summed E-state index contributed by atoms with van der Waals surface area (Å²) in [7, 11) is 0. The number of nitrogens with zero attached hydrogens (tertiary/aromatic N) is 1. The SMILES string of the molecule is CC(C)=NNCOc1ccc(CC(N)C(=O)O)cc1. The topological polar surface area (TPSA) is 96.9 Å². The molecule has 104 valence electrons. The lowest BCUT2D eigenvalue weighted by atomic mass is 10.1. The van der Waals surface area contributed by atoms with E-state index in [4.69, 9.17) is 15.6 Å². The van der Waals surface area contributed by atoms with Crippen LogP contribution in [0.15, 0.2) is 29.4 Å². The largest absolute Gasteiger partial charge is 0.480 e. The lowest BCUT2D eigenvalue weighted by Gasteiger charge is -2.08. The van der Waals surface area contributed by atoms with E-state index in [1.54, 1.807) is 24.3 Å². The van der Waals surface area contributed by atoms with Gasteiger partial charge in [-0.25, -0.2) is 0 Å². The zero-order valence-electron chi connectivity index (χ0n) is 11.1. The molecule has 0 aliphatic heterocycles. The summed E-state index contributed by atoms with van der Waals surface area (Å²) in [6.45, 7) is 4.04. The van der Waals surface area contributed by atoms with Crippen LogP contribution in [0.25, 0.3) is 0 Å². The van der Waals surface area contributed by atoms with Crippen molar-refractivity contribution in [3.8, 4) is 5.75 Å². The van der Waals surface area contributed by atoms with Gasteiger partial charge in [0, 0.05) is 5.71 Å². The highest BCUT2D eigenvalue weighted by molar-refractivity contribution is 5.78. The molecule has 0 amide bonds. The molecule has 6 nitrogen and oxygen atoms in total. The van der Waals surface area contributed by atoms with E-state index in [0.717, 1.165) is 11.3 Å². The molecule has 0 aliphatic carbocycles. The van der Waals surface area contributed by atoms with E-state index in [2.05, 4.69) is 10.5 Å². The van der Waals surface area contributed by atoms with Crippen molar-refractivity contribution in [1.29, 1.82) is 0 Å². The van der Waals surface area contributed by atoms with E-state index >= 15 is 0 Å². The highest BCUT2D eigenvalue weighted by Gasteiger charge is 2.11. The molecule has 0 saturated carbocycles. The van der Waals surface area contributed by atoms with E-state index in [-0.39, 0.29) is 6.73 Å². The zero-order valence-corrected chi connectivity index (χ0v) is 11.1. The Balaban J connectivity index is 2.43. The van der Waals surface area contributed by atoms with Crippen LogP contribution in [0.5, 0.6) is 5.75 Å². The van der Waals surface area contributed by atoms with Crippen molar-refractivity contribution >= 4 is 11.7 Å². The minimum absolute atomic E-state index is 0.277. The smallest absolute Gasteiger partial charge is 0.320 e. The van der Waals surface area contributed by atoms with Crippen molar-refractivity contribution in [2.75, 3.05) is 6.73 Å². The summed E-state index contributed by atoms with van der Waals surface area (Å²) in [6.07, 6.45) is 0.299. The molecule has 0 spiro atoms. The Labute approximate surface area is 112 Å². The molecule has 1 unspecified atom stereocenters. The molecule has 1 aromatic rings. The highest BCUT2D eigenvalue weighted by Crippen LogP contribution is 2.12. The standard InChI is InChI=1S/C13H19N3O3/c1-9(2)16-15-8-19-11-5-3-10(4-6-11)7-12(14)13(17)18/h3-6,12,15H,7-8,14H2,1-2H3,(H,17,18). The number of hydrazone groups is 1. The number of benzene rings is 1. The summed E-state index contributed by atoms with van der Waals surface area (Å²) < 4.78 is 5.40. The van der Waals surface area contributed by atoms with Gasteiger partial charge < -0.3 is 15.6 Å². The van der Waals surface area contributed by atoms with Crippen molar-refractivity contribution in [3.05, 3.63) is 29.8 Å². The molecule has 0 radical (unpaired) electrons. The second-order valence-corrected chi connectivity index (χ2v) is 4.30. The molecule has 0 aromatic heterocycles. The molecule has 6 heteroatoms. The van der Waals surface area contributed by atoms with E-state index in [9.17, 15) is 4.79 Å². The van der Waals surface area contributed by atoms with Crippen LogP contribution in [0.4, 0.5) is 0 Å². The summed E-state index contributed by atoms with van der Waals surface area (Å²) in [5.41, 5.74) is 10.00. The first-order valence-corrected chi connectivity index (χ1v) is 5.93. The van der Waals surface area contributed by atoms with Crippen molar-refractivity contribution in [1.82, 2.24) is 5.43 Å². The van der Waals surface area contributed by atoms with Crippen LogP contribution in [-0.2, 0) is 11.2 Å². The van der Waals surface area contributed by atoms with Gasteiger partial charge >= 0.3 is 5.97 Å². The number of carboxylic acids is 1. The second kappa shape index (κ2) is 7.38. The number of hydrogen-bond acceptors (Lipinski definition) is 5. The summed E-state index contributed by atoms with van der Waals surface area (Å²) in [5.74, 6) is -0.318. The van der Waals surface area contributed by atoms with E-state index in [1.807, 2.05) is 13.8 Å². The van der Waals surface area contributed by atoms with Gasteiger partial charge in [-0.15, -0.1) is 0 Å². The van der Waals surface area contributed by atoms with Crippen LogP contribution in [-0.4, -0.2) is 29.6 Å². The maximum Gasteiger partial charge on any atom is 0.320 e. The maximum atomic E-state index is 10.6. The predicted octanol–water partition coefficient (Wildman–Crippen LogP) is 0.963. The first-order chi connectivity index (χ1) is 8.99. The zero-order chi connectivity index (χ0) is 14.3. The first kappa shape index (κ1) is 15.0. The van der Waals surface area contributed by atoms with Crippen molar-refractivity contribution in [3.63, 3.8) is 0 Å². The number of hydrogen-bond donors (Lipinski definition) is 3. The van der Waals surface area contributed by atoms with E-state index < -0.39 is 12.0 Å². The normalized spacial score (nSPS) is 11.5. The highest BCUT2D eigenvalue weighted by atomic mass is 16.5. The molecule has 0 bridgehead atoms. The van der Waals surface area contributed by atoms with Crippen molar-refractivity contribution in [2.24, 2.45) is 10.8 Å². The number of ether oxygens (including phenoxy) is 1. The van der Waals surface area contributed by atoms with Crippen LogP contribution in [0.1, 0.15) is 19.4 Å². The van der Waals surface area contributed by atoms with Gasteiger partial charge in [-0.3, -0.25) is 10.2 Å². The number of rotatable bonds is 7. The molecule has 19 heavy (non-hydrogen) atoms. The molecule has 0 saturated heterocycles. The van der Waals surface area contributed by atoms with Crippen LogP contribution >= 0.6 is 0 Å². The average molecular weight is 265 g/mol. The van der Waals surface area contributed by atoms with Gasteiger partial charge in [0.1, 0.15) is 11.8 Å². The fraction of sp³-hybridized carbons (Fsp3) is 0.385. The molecule has 1 atom stereocenters. The van der Waals surface area contributed by atoms with Gasteiger partial charge in [-0.05, 0) is 38.0 Å². The number of carbonyl (C=O) groups is 1. The third-order valence-corrected chi connectivity index (χ3v) is 2.30. The number of aliphatic carboxylic acids is 1. The minimum Gasteiger partial charge on any atom is -0.480 e. The Morgan fingerprint density at radius 3 is 2.58 bits per heavy atom. The third kappa shape index (κ3) is 5.87. The maximum absolute atomic E-state index is 10.6.